The lowest BCUT2D eigenvalue weighted by atomic mass is 10.4. The lowest BCUT2D eigenvalue weighted by molar-refractivity contribution is -0.143. The maximum atomic E-state index is 10.1. The molecular weight excluding hydrogens is 122 g/mol. The third-order valence-corrected chi connectivity index (χ3v) is 0.552. The molecule has 4 nitrogen and oxygen atoms in total. The van der Waals surface area contributed by atoms with E-state index in [1.807, 2.05) is 0 Å². The molecule has 0 amide bonds. The van der Waals surface area contributed by atoms with Crippen molar-refractivity contribution >= 4 is 28.0 Å². The molecule has 0 fully saturated rings. The summed E-state index contributed by atoms with van der Waals surface area (Å²) in [5.41, 5.74) is 0. The molecule has 0 rings (SSSR count). The average Bonchev–Trinajstić information content (AvgIpc) is 1.87. The largest absolute Gasteiger partial charge is 0.543 e. The molecule has 0 aliphatic heterocycles. The summed E-state index contributed by atoms with van der Waals surface area (Å²) in [7, 11) is 8.75. The van der Waals surface area contributed by atoms with Gasteiger partial charge >= 0.3 is 16.1 Å². The maximum Gasteiger partial charge on any atom is 0.378 e. The predicted molar refractivity (Wildman–Crippen MR) is 28.3 cm³/mol. The van der Waals surface area contributed by atoms with E-state index in [0.717, 1.165) is 0 Å². The third-order valence-electron chi connectivity index (χ3n) is 0.552. The zero-order chi connectivity index (χ0) is 7.28. The van der Waals surface area contributed by atoms with Crippen molar-refractivity contribution in [2.45, 2.75) is 6.42 Å². The first-order valence-electron chi connectivity index (χ1n) is 2.00. The van der Waals surface area contributed by atoms with Crippen molar-refractivity contribution in [2.24, 2.45) is 0 Å². The second-order valence-corrected chi connectivity index (χ2v) is 1.16. The Balaban J connectivity index is 3.47. The van der Waals surface area contributed by atoms with Crippen LogP contribution in [0.5, 0.6) is 0 Å². The van der Waals surface area contributed by atoms with Crippen molar-refractivity contribution in [3.63, 3.8) is 0 Å². The van der Waals surface area contributed by atoms with E-state index in [9.17, 15) is 9.59 Å². The molecule has 0 atom stereocenters. The predicted octanol–water partition coefficient (Wildman–Crippen LogP) is -1.37. The Morgan fingerprint density at radius 3 is 1.67 bits per heavy atom. The molecule has 0 saturated heterocycles. The molecule has 0 aliphatic carbocycles. The highest BCUT2D eigenvalue weighted by atomic mass is 16.5. The van der Waals surface area contributed by atoms with E-state index in [4.69, 9.17) is 0 Å². The van der Waals surface area contributed by atoms with Gasteiger partial charge in [0.2, 0.25) is 0 Å². The number of rotatable bonds is 2. The summed E-state index contributed by atoms with van der Waals surface area (Å²) in [4.78, 5) is 20.2. The van der Waals surface area contributed by atoms with Gasteiger partial charge in [0.25, 0.3) is 11.9 Å². The van der Waals surface area contributed by atoms with Crippen molar-refractivity contribution in [1.29, 1.82) is 0 Å². The first-order chi connectivity index (χ1) is 4.20. The SMILES string of the molecule is [B]OC(=O)CC(=O)O[B]. The molecule has 0 N–H and O–H groups in total. The minimum absolute atomic E-state index is 0.562. The van der Waals surface area contributed by atoms with Gasteiger partial charge in [-0.05, 0) is 0 Å². The van der Waals surface area contributed by atoms with Gasteiger partial charge in [0.1, 0.15) is 6.42 Å². The molecule has 6 heteroatoms. The molecule has 0 unspecified atom stereocenters. The fraction of sp³-hybridized carbons (Fsp3) is 0.333. The fourth-order valence-corrected chi connectivity index (χ4v) is 0.201. The van der Waals surface area contributed by atoms with E-state index in [0.29, 0.717) is 0 Å². The molecule has 0 spiro atoms. The van der Waals surface area contributed by atoms with Crippen LogP contribution in [0.3, 0.4) is 0 Å². The minimum Gasteiger partial charge on any atom is -0.543 e. The van der Waals surface area contributed by atoms with Gasteiger partial charge in [-0.15, -0.1) is 0 Å². The number of hydrogen-bond acceptors (Lipinski definition) is 4. The van der Waals surface area contributed by atoms with Gasteiger partial charge in [-0.1, -0.05) is 0 Å². The van der Waals surface area contributed by atoms with Gasteiger partial charge in [-0.3, -0.25) is 9.59 Å². The van der Waals surface area contributed by atoms with Crippen LogP contribution in [-0.4, -0.2) is 28.0 Å². The van der Waals surface area contributed by atoms with Crippen molar-refractivity contribution in [3.8, 4) is 0 Å². The van der Waals surface area contributed by atoms with Gasteiger partial charge in [0.15, 0.2) is 0 Å². The molecule has 0 aromatic carbocycles. The van der Waals surface area contributed by atoms with E-state index in [1.54, 1.807) is 0 Å². The Morgan fingerprint density at radius 1 is 1.11 bits per heavy atom. The molecular formula is C3H2B2O4. The topological polar surface area (TPSA) is 52.6 Å². The summed E-state index contributed by atoms with van der Waals surface area (Å²) in [5, 5.41) is 0. The second-order valence-electron chi connectivity index (χ2n) is 1.16. The van der Waals surface area contributed by atoms with Crippen LogP contribution in [0.1, 0.15) is 6.42 Å². The summed E-state index contributed by atoms with van der Waals surface area (Å²) in [6, 6.07) is 0. The highest BCUT2D eigenvalue weighted by Crippen LogP contribution is 1.84. The highest BCUT2D eigenvalue weighted by Gasteiger charge is 2.06. The van der Waals surface area contributed by atoms with Crippen LogP contribution >= 0.6 is 0 Å². The van der Waals surface area contributed by atoms with Crippen LogP contribution in [0.25, 0.3) is 0 Å². The zero-order valence-electron chi connectivity index (χ0n) is 4.49. The van der Waals surface area contributed by atoms with Crippen LogP contribution in [-0.2, 0) is 18.9 Å². The molecule has 0 aromatic heterocycles. The van der Waals surface area contributed by atoms with Crippen LogP contribution in [0, 0.1) is 0 Å². The third kappa shape index (κ3) is 3.64. The number of carbonyl (C=O) groups is 2. The minimum atomic E-state index is -0.884. The van der Waals surface area contributed by atoms with Gasteiger partial charge < -0.3 is 9.31 Å². The quantitative estimate of drug-likeness (QED) is 0.336. The molecule has 0 bridgehead atoms. The number of hydrogen-bond donors (Lipinski definition) is 0. The Hall–Kier alpha value is -0.930. The lowest BCUT2D eigenvalue weighted by Crippen LogP contribution is -2.11. The summed E-state index contributed by atoms with van der Waals surface area (Å²) < 4.78 is 7.25. The van der Waals surface area contributed by atoms with Crippen molar-refractivity contribution in [2.75, 3.05) is 0 Å². The van der Waals surface area contributed by atoms with Crippen LogP contribution in [0.2, 0.25) is 0 Å². The summed E-state index contributed by atoms with van der Waals surface area (Å²) in [6.45, 7) is 0. The Bertz CT molecular complexity index is 109. The summed E-state index contributed by atoms with van der Waals surface area (Å²) in [6.07, 6.45) is -0.562. The molecule has 0 saturated carbocycles. The van der Waals surface area contributed by atoms with E-state index >= 15 is 0 Å². The molecule has 44 valence electrons. The molecule has 0 aliphatic rings. The normalized spacial score (nSPS) is 8.00. The van der Waals surface area contributed by atoms with Gasteiger partial charge in [0.05, 0.1) is 0 Å². The van der Waals surface area contributed by atoms with Crippen LogP contribution < -0.4 is 0 Å². The van der Waals surface area contributed by atoms with Crippen LogP contribution in [0.4, 0.5) is 0 Å². The Labute approximate surface area is 54.4 Å². The molecule has 9 heavy (non-hydrogen) atoms. The fourth-order valence-electron chi connectivity index (χ4n) is 0.201. The van der Waals surface area contributed by atoms with Gasteiger partial charge in [0, 0.05) is 0 Å². The van der Waals surface area contributed by atoms with E-state index in [-0.39, 0.29) is 0 Å². The molecule has 4 radical (unpaired) electrons. The van der Waals surface area contributed by atoms with E-state index in [1.165, 1.54) is 0 Å². The van der Waals surface area contributed by atoms with Crippen molar-refractivity contribution in [3.05, 3.63) is 0 Å². The van der Waals surface area contributed by atoms with Crippen LogP contribution in [0.15, 0.2) is 0 Å². The zero-order valence-corrected chi connectivity index (χ0v) is 4.49. The Morgan fingerprint density at radius 2 is 1.44 bits per heavy atom. The first-order valence-corrected chi connectivity index (χ1v) is 2.00. The van der Waals surface area contributed by atoms with Crippen molar-refractivity contribution < 1.29 is 18.9 Å². The van der Waals surface area contributed by atoms with E-state index in [2.05, 4.69) is 25.4 Å². The second kappa shape index (κ2) is 4.00. The molecule has 0 aromatic rings. The van der Waals surface area contributed by atoms with Crippen molar-refractivity contribution in [1.82, 2.24) is 0 Å². The smallest absolute Gasteiger partial charge is 0.378 e. The highest BCUT2D eigenvalue weighted by molar-refractivity contribution is 6.11. The monoisotopic (exact) mass is 124 g/mol. The average molecular weight is 124 g/mol. The molecule has 0 heterocycles. The maximum absolute atomic E-state index is 10.1. The van der Waals surface area contributed by atoms with E-state index < -0.39 is 18.4 Å². The Kier molecular flexibility index (Phi) is 3.59. The first kappa shape index (κ1) is 8.07. The standard InChI is InChI=1S/C3H2B2O4/c4-8-2(6)1-3(7)9-5/h1H2. The van der Waals surface area contributed by atoms with Gasteiger partial charge in [-0.2, -0.15) is 0 Å². The van der Waals surface area contributed by atoms with Gasteiger partial charge in [-0.25, -0.2) is 0 Å². The summed E-state index contributed by atoms with van der Waals surface area (Å²) >= 11 is 0. The lowest BCUT2D eigenvalue weighted by Gasteiger charge is -1.96. The number of carbonyl (C=O) groups excluding carboxylic acids is 2. The summed E-state index contributed by atoms with van der Waals surface area (Å²) in [5.74, 6) is -1.77.